The number of aromatic nitrogens is 2. The van der Waals surface area contributed by atoms with Gasteiger partial charge in [-0.1, -0.05) is 31.4 Å². The summed E-state index contributed by atoms with van der Waals surface area (Å²) in [6.07, 6.45) is 7.34. The van der Waals surface area contributed by atoms with E-state index in [1.807, 2.05) is 31.2 Å². The Labute approximate surface area is 171 Å². The van der Waals surface area contributed by atoms with E-state index in [0.717, 1.165) is 29.4 Å². The van der Waals surface area contributed by atoms with Gasteiger partial charge in [-0.05, 0) is 62.1 Å². The normalized spacial score (nSPS) is 16.6. The van der Waals surface area contributed by atoms with Crippen LogP contribution in [0.15, 0.2) is 59.8 Å². The maximum absolute atomic E-state index is 12.8. The molecule has 2 aromatic carbocycles. The molecule has 152 valence electrons. The molecule has 1 heterocycles. The number of nitrogens with zero attached hydrogens (tertiary/aromatic N) is 2. The van der Waals surface area contributed by atoms with Crippen molar-refractivity contribution in [2.24, 2.45) is 5.92 Å². The number of sulfonamides is 1. The Morgan fingerprint density at radius 1 is 0.966 bits per heavy atom. The Balaban J connectivity index is 1.48. The van der Waals surface area contributed by atoms with Crippen molar-refractivity contribution in [3.8, 4) is 0 Å². The van der Waals surface area contributed by atoms with E-state index in [0.29, 0.717) is 11.7 Å². The fourth-order valence-corrected chi connectivity index (χ4v) is 5.31. The van der Waals surface area contributed by atoms with Crippen molar-refractivity contribution in [1.29, 1.82) is 0 Å². The summed E-state index contributed by atoms with van der Waals surface area (Å²) in [5.41, 5.74) is 1.62. The molecule has 0 bridgehead atoms. The molecule has 0 aliphatic heterocycles. The highest BCUT2D eigenvalue weighted by Crippen LogP contribution is 2.28. The smallest absolute Gasteiger partial charge is 0.240 e. The molecule has 2 N–H and O–H groups in total. The first-order chi connectivity index (χ1) is 14.0. The minimum atomic E-state index is -3.54. The standard InChI is InChI=1S/C22H26N4O2S/c1-16(17-7-3-2-4-8-17)26-29(27,28)19-13-11-18(12-14-19)25-22-20-9-5-6-10-21(20)23-15-24-22/h5-6,9-17,26H,2-4,7-8H2,1H3,(H,23,24,25). The summed E-state index contributed by atoms with van der Waals surface area (Å²) in [6, 6.07) is 14.5. The molecule has 1 fully saturated rings. The second-order valence-corrected chi connectivity index (χ2v) is 9.41. The molecule has 1 aliphatic carbocycles. The highest BCUT2D eigenvalue weighted by molar-refractivity contribution is 7.89. The van der Waals surface area contributed by atoms with E-state index in [9.17, 15) is 8.42 Å². The summed E-state index contributed by atoms with van der Waals surface area (Å²) < 4.78 is 28.4. The number of benzene rings is 2. The van der Waals surface area contributed by atoms with Crippen molar-refractivity contribution in [3.63, 3.8) is 0 Å². The van der Waals surface area contributed by atoms with Gasteiger partial charge in [0.15, 0.2) is 0 Å². The number of fused-ring (bicyclic) bond motifs is 1. The van der Waals surface area contributed by atoms with Gasteiger partial charge >= 0.3 is 0 Å². The van der Waals surface area contributed by atoms with E-state index in [4.69, 9.17) is 0 Å². The van der Waals surface area contributed by atoms with Crippen molar-refractivity contribution in [3.05, 3.63) is 54.9 Å². The topological polar surface area (TPSA) is 84.0 Å². The first-order valence-corrected chi connectivity index (χ1v) is 11.6. The highest BCUT2D eigenvalue weighted by atomic mass is 32.2. The average molecular weight is 411 g/mol. The van der Waals surface area contributed by atoms with Crippen molar-refractivity contribution in [2.75, 3.05) is 5.32 Å². The quantitative estimate of drug-likeness (QED) is 0.619. The Morgan fingerprint density at radius 2 is 1.69 bits per heavy atom. The molecule has 1 unspecified atom stereocenters. The van der Waals surface area contributed by atoms with Crippen LogP contribution in [0.1, 0.15) is 39.0 Å². The lowest BCUT2D eigenvalue weighted by molar-refractivity contribution is 0.303. The van der Waals surface area contributed by atoms with Gasteiger partial charge in [-0.15, -0.1) is 0 Å². The molecular weight excluding hydrogens is 384 g/mol. The molecule has 29 heavy (non-hydrogen) atoms. The van der Waals surface area contributed by atoms with Gasteiger partial charge in [0, 0.05) is 17.1 Å². The third-order valence-corrected chi connectivity index (χ3v) is 7.24. The molecular formula is C22H26N4O2S. The van der Waals surface area contributed by atoms with Gasteiger partial charge < -0.3 is 5.32 Å². The van der Waals surface area contributed by atoms with Gasteiger partial charge in [-0.3, -0.25) is 0 Å². The van der Waals surface area contributed by atoms with E-state index in [1.54, 1.807) is 24.3 Å². The SMILES string of the molecule is CC(NS(=O)(=O)c1ccc(Nc2ncnc3ccccc23)cc1)C1CCCCC1. The molecule has 7 heteroatoms. The van der Waals surface area contributed by atoms with Crippen LogP contribution in [0.2, 0.25) is 0 Å². The Kier molecular flexibility index (Phi) is 5.78. The lowest BCUT2D eigenvalue weighted by atomic mass is 9.85. The Hall–Kier alpha value is -2.51. The zero-order valence-corrected chi connectivity index (χ0v) is 17.3. The summed E-state index contributed by atoms with van der Waals surface area (Å²) in [4.78, 5) is 8.85. The highest BCUT2D eigenvalue weighted by Gasteiger charge is 2.25. The number of hydrogen-bond acceptors (Lipinski definition) is 5. The molecule has 1 aliphatic rings. The first-order valence-electron chi connectivity index (χ1n) is 10.1. The van der Waals surface area contributed by atoms with E-state index in [1.165, 1.54) is 25.6 Å². The number of nitrogens with one attached hydrogen (secondary N) is 2. The second kappa shape index (κ2) is 8.47. The van der Waals surface area contributed by atoms with Crippen LogP contribution in [-0.2, 0) is 10.0 Å². The fraction of sp³-hybridized carbons (Fsp3) is 0.364. The minimum Gasteiger partial charge on any atom is -0.340 e. The van der Waals surface area contributed by atoms with Crippen LogP contribution in [-0.4, -0.2) is 24.4 Å². The van der Waals surface area contributed by atoms with Crippen molar-refractivity contribution in [2.45, 2.75) is 50.0 Å². The van der Waals surface area contributed by atoms with Crippen molar-refractivity contribution in [1.82, 2.24) is 14.7 Å². The molecule has 0 radical (unpaired) electrons. The maximum atomic E-state index is 12.8. The molecule has 1 atom stereocenters. The van der Waals surface area contributed by atoms with Gasteiger partial charge in [0.05, 0.1) is 10.4 Å². The summed E-state index contributed by atoms with van der Waals surface area (Å²) in [5.74, 6) is 1.11. The molecule has 1 aromatic heterocycles. The van der Waals surface area contributed by atoms with E-state index < -0.39 is 10.0 Å². The number of anilines is 2. The minimum absolute atomic E-state index is 0.0505. The van der Waals surface area contributed by atoms with Crippen LogP contribution in [0.3, 0.4) is 0 Å². The number of hydrogen-bond donors (Lipinski definition) is 2. The predicted molar refractivity (Wildman–Crippen MR) is 116 cm³/mol. The molecule has 0 saturated heterocycles. The maximum Gasteiger partial charge on any atom is 0.240 e. The second-order valence-electron chi connectivity index (χ2n) is 7.70. The molecule has 1 saturated carbocycles. The zero-order valence-electron chi connectivity index (χ0n) is 16.5. The van der Waals surface area contributed by atoms with E-state index in [2.05, 4.69) is 20.0 Å². The van der Waals surface area contributed by atoms with Crippen LogP contribution >= 0.6 is 0 Å². The van der Waals surface area contributed by atoms with Crippen LogP contribution in [0.4, 0.5) is 11.5 Å². The molecule has 0 spiro atoms. The van der Waals surface area contributed by atoms with Crippen LogP contribution in [0, 0.1) is 5.92 Å². The predicted octanol–water partition coefficient (Wildman–Crippen LogP) is 4.62. The van der Waals surface area contributed by atoms with Gasteiger partial charge in [0.1, 0.15) is 12.1 Å². The Bertz CT molecular complexity index is 1070. The van der Waals surface area contributed by atoms with E-state index in [-0.39, 0.29) is 10.9 Å². The molecule has 0 amide bonds. The lowest BCUT2D eigenvalue weighted by Gasteiger charge is -2.28. The van der Waals surface area contributed by atoms with Crippen LogP contribution in [0.25, 0.3) is 10.9 Å². The summed E-state index contributed by atoms with van der Waals surface area (Å²) in [7, 11) is -3.54. The summed E-state index contributed by atoms with van der Waals surface area (Å²) in [6.45, 7) is 1.98. The van der Waals surface area contributed by atoms with E-state index >= 15 is 0 Å². The summed E-state index contributed by atoms with van der Waals surface area (Å²) in [5, 5.41) is 4.16. The molecule has 3 aromatic rings. The average Bonchev–Trinajstić information content (AvgIpc) is 2.75. The van der Waals surface area contributed by atoms with Gasteiger partial charge in [-0.25, -0.2) is 23.1 Å². The number of rotatable bonds is 6. The van der Waals surface area contributed by atoms with Crippen LogP contribution in [0.5, 0.6) is 0 Å². The third-order valence-electron chi connectivity index (χ3n) is 5.67. The Morgan fingerprint density at radius 3 is 2.45 bits per heavy atom. The van der Waals surface area contributed by atoms with Gasteiger partial charge in [0.2, 0.25) is 10.0 Å². The number of para-hydroxylation sites is 1. The monoisotopic (exact) mass is 410 g/mol. The van der Waals surface area contributed by atoms with Crippen molar-refractivity contribution >= 4 is 32.4 Å². The molecule has 6 nitrogen and oxygen atoms in total. The van der Waals surface area contributed by atoms with Crippen molar-refractivity contribution < 1.29 is 8.42 Å². The third kappa shape index (κ3) is 4.57. The fourth-order valence-electron chi connectivity index (χ4n) is 4.00. The molecule has 4 rings (SSSR count). The lowest BCUT2D eigenvalue weighted by Crippen LogP contribution is -2.38. The largest absolute Gasteiger partial charge is 0.340 e. The zero-order chi connectivity index (χ0) is 20.3. The summed E-state index contributed by atoms with van der Waals surface area (Å²) >= 11 is 0. The van der Waals surface area contributed by atoms with Gasteiger partial charge in [-0.2, -0.15) is 0 Å². The first kappa shape index (κ1) is 19.8. The van der Waals surface area contributed by atoms with Gasteiger partial charge in [0.25, 0.3) is 0 Å². The van der Waals surface area contributed by atoms with Crippen LogP contribution < -0.4 is 10.0 Å².